The van der Waals surface area contributed by atoms with Crippen LogP contribution in [0, 0.1) is 5.82 Å². The fraction of sp³-hybridized carbons (Fsp3) is 0.310. The molecule has 0 heterocycles. The number of thioether (sulfide) groups is 1. The number of carbonyl (C=O) groups excluding carboxylic acids is 2. The van der Waals surface area contributed by atoms with E-state index in [2.05, 4.69) is 28.2 Å². The molecule has 0 aromatic heterocycles. The predicted molar refractivity (Wildman–Crippen MR) is 149 cm³/mol. The van der Waals surface area contributed by atoms with Gasteiger partial charge in [-0.15, -0.1) is 11.8 Å². The van der Waals surface area contributed by atoms with Gasteiger partial charge in [0.15, 0.2) is 0 Å². The van der Waals surface area contributed by atoms with E-state index in [1.165, 1.54) is 23.9 Å². The zero-order chi connectivity index (χ0) is 25.8. The van der Waals surface area contributed by atoms with Crippen LogP contribution in [0.2, 0.25) is 0 Å². The van der Waals surface area contributed by atoms with Crippen molar-refractivity contribution in [2.24, 2.45) is 0 Å². The van der Waals surface area contributed by atoms with Crippen LogP contribution in [-0.2, 0) is 28.3 Å². The molecular formula is C29H32BrFN2O2S. The molecule has 3 aromatic rings. The Labute approximate surface area is 225 Å². The van der Waals surface area contributed by atoms with Gasteiger partial charge >= 0.3 is 0 Å². The number of rotatable bonds is 13. The number of halogens is 2. The molecule has 0 saturated heterocycles. The average Bonchev–Trinajstić information content (AvgIpc) is 2.89. The molecule has 0 spiro atoms. The Balaban J connectivity index is 1.81. The van der Waals surface area contributed by atoms with Crippen LogP contribution >= 0.6 is 27.7 Å². The summed E-state index contributed by atoms with van der Waals surface area (Å²) in [7, 11) is 0. The first-order valence-electron chi connectivity index (χ1n) is 12.1. The van der Waals surface area contributed by atoms with Crippen molar-refractivity contribution in [3.63, 3.8) is 0 Å². The molecule has 190 valence electrons. The minimum absolute atomic E-state index is 0.118. The number of hydrogen-bond donors (Lipinski definition) is 1. The van der Waals surface area contributed by atoms with E-state index in [0.29, 0.717) is 18.7 Å². The van der Waals surface area contributed by atoms with Crippen LogP contribution < -0.4 is 5.32 Å². The molecule has 0 bridgehead atoms. The molecule has 1 unspecified atom stereocenters. The number of unbranched alkanes of at least 4 members (excludes halogenated alkanes) is 1. The van der Waals surface area contributed by atoms with Crippen molar-refractivity contribution in [1.82, 2.24) is 10.2 Å². The van der Waals surface area contributed by atoms with Gasteiger partial charge in [0, 0.05) is 29.7 Å². The van der Waals surface area contributed by atoms with Gasteiger partial charge < -0.3 is 10.2 Å². The summed E-state index contributed by atoms with van der Waals surface area (Å²) in [6.07, 6.45) is 2.25. The van der Waals surface area contributed by atoms with Crippen LogP contribution in [0.5, 0.6) is 0 Å². The molecule has 4 nitrogen and oxygen atoms in total. The first-order chi connectivity index (χ1) is 17.5. The number of carbonyl (C=O) groups is 2. The SMILES string of the molecule is CCCCNC(=O)C(Cc1ccccc1)N(Cc1ccc(F)cc1)C(=O)CSCc1ccc(Br)cc1. The normalized spacial score (nSPS) is 11.6. The van der Waals surface area contributed by atoms with E-state index < -0.39 is 6.04 Å². The van der Waals surface area contributed by atoms with E-state index in [1.807, 2.05) is 54.6 Å². The van der Waals surface area contributed by atoms with Gasteiger partial charge in [-0.3, -0.25) is 9.59 Å². The Bertz CT molecular complexity index is 1090. The van der Waals surface area contributed by atoms with Crippen LogP contribution in [0.3, 0.4) is 0 Å². The molecule has 1 N–H and O–H groups in total. The topological polar surface area (TPSA) is 49.4 Å². The zero-order valence-electron chi connectivity index (χ0n) is 20.5. The van der Waals surface area contributed by atoms with Crippen molar-refractivity contribution >= 4 is 39.5 Å². The maximum Gasteiger partial charge on any atom is 0.243 e. The lowest BCUT2D eigenvalue weighted by Crippen LogP contribution is -2.51. The van der Waals surface area contributed by atoms with Crippen molar-refractivity contribution in [3.8, 4) is 0 Å². The fourth-order valence-electron chi connectivity index (χ4n) is 3.77. The second-order valence-corrected chi connectivity index (χ2v) is 10.5. The van der Waals surface area contributed by atoms with E-state index in [1.54, 1.807) is 17.0 Å². The first-order valence-corrected chi connectivity index (χ1v) is 14.1. The quantitative estimate of drug-likeness (QED) is 0.243. The number of hydrogen-bond acceptors (Lipinski definition) is 3. The molecule has 3 aromatic carbocycles. The van der Waals surface area contributed by atoms with Gasteiger partial charge in [0.2, 0.25) is 11.8 Å². The smallest absolute Gasteiger partial charge is 0.243 e. The molecule has 0 fully saturated rings. The maximum absolute atomic E-state index is 13.6. The van der Waals surface area contributed by atoms with E-state index in [0.717, 1.165) is 34.0 Å². The largest absolute Gasteiger partial charge is 0.354 e. The second kappa shape index (κ2) is 14.8. The van der Waals surface area contributed by atoms with Crippen molar-refractivity contribution in [1.29, 1.82) is 0 Å². The minimum atomic E-state index is -0.671. The van der Waals surface area contributed by atoms with E-state index in [4.69, 9.17) is 0 Å². The fourth-order valence-corrected chi connectivity index (χ4v) is 4.90. The van der Waals surface area contributed by atoms with Gasteiger partial charge in [-0.1, -0.05) is 83.9 Å². The Morgan fingerprint density at radius 1 is 0.944 bits per heavy atom. The van der Waals surface area contributed by atoms with Crippen molar-refractivity contribution < 1.29 is 14.0 Å². The highest BCUT2D eigenvalue weighted by Gasteiger charge is 2.30. The van der Waals surface area contributed by atoms with Gasteiger partial charge in [-0.25, -0.2) is 4.39 Å². The van der Waals surface area contributed by atoms with Crippen LogP contribution in [-0.4, -0.2) is 35.1 Å². The Hall–Kier alpha value is -2.64. The lowest BCUT2D eigenvalue weighted by atomic mass is 10.0. The third-order valence-electron chi connectivity index (χ3n) is 5.77. The Kier molecular flexibility index (Phi) is 11.5. The predicted octanol–water partition coefficient (Wildman–Crippen LogP) is 6.38. The minimum Gasteiger partial charge on any atom is -0.354 e. The Morgan fingerprint density at radius 3 is 2.28 bits per heavy atom. The molecule has 2 amide bonds. The summed E-state index contributed by atoms with van der Waals surface area (Å²) in [6.45, 7) is 2.87. The molecule has 0 saturated carbocycles. The summed E-state index contributed by atoms with van der Waals surface area (Å²) in [4.78, 5) is 28.6. The second-order valence-electron chi connectivity index (χ2n) is 8.62. The van der Waals surface area contributed by atoms with E-state index in [-0.39, 0.29) is 29.9 Å². The molecule has 0 aliphatic heterocycles. The number of amides is 2. The van der Waals surface area contributed by atoms with Gasteiger partial charge in [-0.2, -0.15) is 0 Å². The first kappa shape index (κ1) is 27.9. The van der Waals surface area contributed by atoms with Crippen molar-refractivity contribution in [3.05, 3.63) is 106 Å². The summed E-state index contributed by atoms with van der Waals surface area (Å²) in [6, 6.07) is 23.2. The third kappa shape index (κ3) is 9.10. The highest BCUT2D eigenvalue weighted by Crippen LogP contribution is 2.20. The molecule has 0 aliphatic carbocycles. The lowest BCUT2D eigenvalue weighted by Gasteiger charge is -2.31. The van der Waals surface area contributed by atoms with Gasteiger partial charge in [0.1, 0.15) is 11.9 Å². The Morgan fingerprint density at radius 2 is 1.61 bits per heavy atom. The van der Waals surface area contributed by atoms with Gasteiger partial charge in [0.05, 0.1) is 5.75 Å². The van der Waals surface area contributed by atoms with Crippen LogP contribution in [0.4, 0.5) is 4.39 Å². The van der Waals surface area contributed by atoms with Crippen LogP contribution in [0.15, 0.2) is 83.3 Å². The highest BCUT2D eigenvalue weighted by molar-refractivity contribution is 9.10. The lowest BCUT2D eigenvalue weighted by molar-refractivity contribution is -0.139. The summed E-state index contributed by atoms with van der Waals surface area (Å²) in [5.41, 5.74) is 2.88. The van der Waals surface area contributed by atoms with Gasteiger partial charge in [-0.05, 0) is 47.4 Å². The summed E-state index contributed by atoms with van der Waals surface area (Å²) >= 11 is 4.96. The molecule has 0 radical (unpaired) electrons. The number of nitrogens with zero attached hydrogens (tertiary/aromatic N) is 1. The zero-order valence-corrected chi connectivity index (χ0v) is 22.9. The van der Waals surface area contributed by atoms with Crippen LogP contribution in [0.1, 0.15) is 36.5 Å². The molecule has 36 heavy (non-hydrogen) atoms. The van der Waals surface area contributed by atoms with E-state index in [9.17, 15) is 14.0 Å². The maximum atomic E-state index is 13.6. The van der Waals surface area contributed by atoms with Crippen LogP contribution in [0.25, 0.3) is 0 Å². The number of benzene rings is 3. The average molecular weight is 572 g/mol. The van der Waals surface area contributed by atoms with Crippen molar-refractivity contribution in [2.45, 2.75) is 44.5 Å². The monoisotopic (exact) mass is 570 g/mol. The summed E-state index contributed by atoms with van der Waals surface area (Å²) in [5.74, 6) is 0.314. The summed E-state index contributed by atoms with van der Waals surface area (Å²) < 4.78 is 14.5. The molecule has 1 atom stereocenters. The molecule has 7 heteroatoms. The number of nitrogens with one attached hydrogen (secondary N) is 1. The third-order valence-corrected chi connectivity index (χ3v) is 7.29. The molecule has 0 aliphatic rings. The van der Waals surface area contributed by atoms with E-state index >= 15 is 0 Å². The van der Waals surface area contributed by atoms with Crippen molar-refractivity contribution in [2.75, 3.05) is 12.3 Å². The summed E-state index contributed by atoms with van der Waals surface area (Å²) in [5, 5.41) is 3.02. The van der Waals surface area contributed by atoms with Gasteiger partial charge in [0.25, 0.3) is 0 Å². The molecule has 3 rings (SSSR count). The highest BCUT2D eigenvalue weighted by atomic mass is 79.9. The molecular weight excluding hydrogens is 539 g/mol. The standard InChI is InChI=1S/C29H32BrFN2O2S/c1-2-3-17-32-29(35)27(18-22-7-5-4-6-8-22)33(19-23-11-15-26(31)16-12-23)28(34)21-36-20-24-9-13-25(30)14-10-24/h4-16,27H,2-3,17-21H2,1H3,(H,32,35).